The number of rotatable bonds is 6. The van der Waals surface area contributed by atoms with E-state index in [1.54, 1.807) is 0 Å². The first-order chi connectivity index (χ1) is 11.5. The number of hydrogen-bond acceptors (Lipinski definition) is 3. The van der Waals surface area contributed by atoms with E-state index in [2.05, 4.69) is 26.5 Å². The molecule has 0 atom stereocenters. The first-order valence-electron chi connectivity index (χ1n) is 7.50. The maximum absolute atomic E-state index is 11.8. The van der Waals surface area contributed by atoms with Crippen molar-refractivity contribution in [2.24, 2.45) is 5.10 Å². The number of aryl methyl sites for hydroxylation is 1. The SMILES string of the molecule is CC(C=Cc1ccccc1)=NNC(=O)COc1ccc(Br)c(C)c1. The summed E-state index contributed by atoms with van der Waals surface area (Å²) < 4.78 is 6.45. The van der Waals surface area contributed by atoms with Crippen molar-refractivity contribution in [3.8, 4) is 5.75 Å². The molecule has 1 N–H and O–H groups in total. The van der Waals surface area contributed by atoms with Crippen molar-refractivity contribution in [1.29, 1.82) is 0 Å². The maximum Gasteiger partial charge on any atom is 0.277 e. The Labute approximate surface area is 150 Å². The molecule has 2 rings (SSSR count). The molecule has 4 nitrogen and oxygen atoms in total. The smallest absolute Gasteiger partial charge is 0.277 e. The van der Waals surface area contributed by atoms with Gasteiger partial charge in [-0.2, -0.15) is 5.10 Å². The molecular formula is C19H19BrN2O2. The Hall–Kier alpha value is -2.40. The van der Waals surface area contributed by atoms with Crippen molar-refractivity contribution < 1.29 is 9.53 Å². The van der Waals surface area contributed by atoms with Crippen LogP contribution >= 0.6 is 15.9 Å². The van der Waals surface area contributed by atoms with Crippen molar-refractivity contribution in [3.05, 3.63) is 70.2 Å². The van der Waals surface area contributed by atoms with E-state index in [0.29, 0.717) is 11.5 Å². The summed E-state index contributed by atoms with van der Waals surface area (Å²) in [5.74, 6) is 0.346. The molecule has 0 heterocycles. The fourth-order valence-electron chi connectivity index (χ4n) is 1.86. The lowest BCUT2D eigenvalue weighted by molar-refractivity contribution is -0.123. The molecule has 0 bridgehead atoms. The van der Waals surface area contributed by atoms with E-state index in [1.807, 2.05) is 74.5 Å². The van der Waals surface area contributed by atoms with Gasteiger partial charge in [-0.3, -0.25) is 4.79 Å². The summed E-state index contributed by atoms with van der Waals surface area (Å²) in [4.78, 5) is 11.8. The number of allylic oxidation sites excluding steroid dienone is 1. The van der Waals surface area contributed by atoms with Gasteiger partial charge in [0.05, 0.1) is 5.71 Å². The molecule has 0 radical (unpaired) electrons. The van der Waals surface area contributed by atoms with Crippen molar-refractivity contribution in [2.45, 2.75) is 13.8 Å². The molecule has 2 aromatic carbocycles. The maximum atomic E-state index is 11.8. The van der Waals surface area contributed by atoms with Crippen LogP contribution < -0.4 is 10.2 Å². The molecule has 0 aliphatic rings. The van der Waals surface area contributed by atoms with Crippen LogP contribution in [0.3, 0.4) is 0 Å². The van der Waals surface area contributed by atoms with Gasteiger partial charge >= 0.3 is 0 Å². The van der Waals surface area contributed by atoms with Gasteiger partial charge in [-0.1, -0.05) is 52.3 Å². The lowest BCUT2D eigenvalue weighted by Gasteiger charge is -2.07. The van der Waals surface area contributed by atoms with Gasteiger partial charge in [-0.15, -0.1) is 0 Å². The molecule has 0 unspecified atom stereocenters. The average Bonchev–Trinajstić information content (AvgIpc) is 2.60. The van der Waals surface area contributed by atoms with Crippen LogP contribution in [0.1, 0.15) is 18.1 Å². The molecule has 0 spiro atoms. The normalized spacial score (nSPS) is 11.5. The summed E-state index contributed by atoms with van der Waals surface area (Å²) in [6.45, 7) is 3.70. The largest absolute Gasteiger partial charge is 0.484 e. The minimum absolute atomic E-state index is 0.0831. The quantitative estimate of drug-likeness (QED) is 0.592. The van der Waals surface area contributed by atoms with E-state index in [9.17, 15) is 4.79 Å². The molecule has 0 aliphatic heterocycles. The summed E-state index contributed by atoms with van der Waals surface area (Å²) in [6.07, 6.45) is 3.78. The van der Waals surface area contributed by atoms with Gasteiger partial charge in [0.2, 0.25) is 0 Å². The van der Waals surface area contributed by atoms with E-state index >= 15 is 0 Å². The predicted molar refractivity (Wildman–Crippen MR) is 101 cm³/mol. The third-order valence-electron chi connectivity index (χ3n) is 3.17. The number of nitrogens with one attached hydrogen (secondary N) is 1. The Morgan fingerprint density at radius 3 is 2.71 bits per heavy atom. The number of hydrogen-bond donors (Lipinski definition) is 1. The van der Waals surface area contributed by atoms with Crippen LogP contribution in [0.4, 0.5) is 0 Å². The summed E-state index contributed by atoms with van der Waals surface area (Å²) >= 11 is 3.42. The highest BCUT2D eigenvalue weighted by atomic mass is 79.9. The van der Waals surface area contributed by atoms with Crippen LogP contribution in [0, 0.1) is 6.92 Å². The number of ether oxygens (including phenoxy) is 1. The van der Waals surface area contributed by atoms with Crippen molar-refractivity contribution >= 4 is 33.6 Å². The van der Waals surface area contributed by atoms with Crippen LogP contribution in [-0.4, -0.2) is 18.2 Å². The Morgan fingerprint density at radius 2 is 2.00 bits per heavy atom. The summed E-state index contributed by atoms with van der Waals surface area (Å²) in [7, 11) is 0. The lowest BCUT2D eigenvalue weighted by Crippen LogP contribution is -2.25. The summed E-state index contributed by atoms with van der Waals surface area (Å²) in [6, 6.07) is 15.5. The second-order valence-corrected chi connectivity index (χ2v) is 6.09. The molecular weight excluding hydrogens is 368 g/mol. The van der Waals surface area contributed by atoms with E-state index in [1.165, 1.54) is 0 Å². The number of amides is 1. The highest BCUT2D eigenvalue weighted by Crippen LogP contribution is 2.21. The Balaban J connectivity index is 1.81. The zero-order valence-corrected chi connectivity index (χ0v) is 15.2. The molecule has 124 valence electrons. The van der Waals surface area contributed by atoms with E-state index in [-0.39, 0.29) is 12.5 Å². The number of halogens is 1. The zero-order valence-electron chi connectivity index (χ0n) is 13.6. The van der Waals surface area contributed by atoms with Crippen molar-refractivity contribution in [1.82, 2.24) is 5.43 Å². The number of hydrazone groups is 1. The minimum atomic E-state index is -0.303. The van der Waals surface area contributed by atoms with Gasteiger partial charge in [0.25, 0.3) is 5.91 Å². The van der Waals surface area contributed by atoms with Gasteiger partial charge < -0.3 is 4.74 Å². The standard InChI is InChI=1S/C19H19BrN2O2/c1-14-12-17(10-11-18(14)20)24-13-19(23)22-21-15(2)8-9-16-6-4-3-5-7-16/h3-12H,13H2,1-2H3,(H,22,23). The van der Waals surface area contributed by atoms with Crippen LogP contribution in [0.15, 0.2) is 64.2 Å². The van der Waals surface area contributed by atoms with E-state index in [0.717, 1.165) is 15.6 Å². The van der Waals surface area contributed by atoms with Gasteiger partial charge in [0.15, 0.2) is 6.61 Å². The minimum Gasteiger partial charge on any atom is -0.484 e. The molecule has 0 fully saturated rings. The van der Waals surface area contributed by atoms with Crippen LogP contribution in [0.2, 0.25) is 0 Å². The lowest BCUT2D eigenvalue weighted by atomic mass is 10.2. The Kier molecular flexibility index (Phi) is 6.75. The summed E-state index contributed by atoms with van der Waals surface area (Å²) in [5.41, 5.74) is 5.30. The van der Waals surface area contributed by atoms with Gasteiger partial charge in [-0.05, 0) is 49.2 Å². The highest BCUT2D eigenvalue weighted by Gasteiger charge is 2.03. The predicted octanol–water partition coefficient (Wildman–Crippen LogP) is 4.34. The first-order valence-corrected chi connectivity index (χ1v) is 8.29. The van der Waals surface area contributed by atoms with Gasteiger partial charge in [0.1, 0.15) is 5.75 Å². The van der Waals surface area contributed by atoms with Crippen LogP contribution in [0.5, 0.6) is 5.75 Å². The molecule has 5 heteroatoms. The van der Waals surface area contributed by atoms with Crippen molar-refractivity contribution in [2.75, 3.05) is 6.61 Å². The second-order valence-electron chi connectivity index (χ2n) is 5.23. The molecule has 24 heavy (non-hydrogen) atoms. The molecule has 0 aromatic heterocycles. The molecule has 1 amide bonds. The molecule has 0 saturated heterocycles. The first kappa shape index (κ1) is 17.9. The molecule has 2 aromatic rings. The van der Waals surface area contributed by atoms with Crippen LogP contribution in [-0.2, 0) is 4.79 Å². The number of benzene rings is 2. The Morgan fingerprint density at radius 1 is 1.25 bits per heavy atom. The fourth-order valence-corrected chi connectivity index (χ4v) is 2.10. The number of carbonyl (C=O) groups excluding carboxylic acids is 1. The van der Waals surface area contributed by atoms with Crippen molar-refractivity contribution in [3.63, 3.8) is 0 Å². The van der Waals surface area contributed by atoms with E-state index < -0.39 is 0 Å². The second kappa shape index (κ2) is 9.03. The zero-order chi connectivity index (χ0) is 17.4. The number of carbonyl (C=O) groups is 1. The Bertz CT molecular complexity index is 755. The molecule has 0 aliphatic carbocycles. The fraction of sp³-hybridized carbons (Fsp3) is 0.158. The van der Waals surface area contributed by atoms with Gasteiger partial charge in [-0.25, -0.2) is 5.43 Å². The average molecular weight is 387 g/mol. The number of nitrogens with zero attached hydrogens (tertiary/aromatic N) is 1. The van der Waals surface area contributed by atoms with Crippen LogP contribution in [0.25, 0.3) is 6.08 Å². The third kappa shape index (κ3) is 6.01. The van der Waals surface area contributed by atoms with Gasteiger partial charge in [0, 0.05) is 4.47 Å². The topological polar surface area (TPSA) is 50.7 Å². The third-order valence-corrected chi connectivity index (χ3v) is 4.06. The summed E-state index contributed by atoms with van der Waals surface area (Å²) in [5, 5.41) is 4.03. The monoisotopic (exact) mass is 386 g/mol. The highest BCUT2D eigenvalue weighted by molar-refractivity contribution is 9.10. The molecule has 0 saturated carbocycles. The van der Waals surface area contributed by atoms with E-state index in [4.69, 9.17) is 4.74 Å².